The molecule has 0 heterocycles. The molecular weight excluding hydrogens is 196 g/mol. The van der Waals surface area contributed by atoms with E-state index in [4.69, 9.17) is 0 Å². The van der Waals surface area contributed by atoms with E-state index in [0.29, 0.717) is 11.7 Å². The Morgan fingerprint density at radius 1 is 1.06 bits per heavy atom. The molecule has 3 rings (SSSR count). The maximum absolute atomic E-state index is 12.4. The lowest BCUT2D eigenvalue weighted by Crippen LogP contribution is -2.20. The summed E-state index contributed by atoms with van der Waals surface area (Å²) in [6.45, 7) is 0. The normalized spacial score (nSPS) is 27.1. The van der Waals surface area contributed by atoms with Gasteiger partial charge in [0.05, 0.1) is 0 Å². The zero-order valence-electron chi connectivity index (χ0n) is 9.10. The van der Waals surface area contributed by atoms with Crippen molar-refractivity contribution in [2.24, 2.45) is 11.8 Å². The number of Topliss-reactive ketones (excluding diaryl/α,β-unsaturated/α-hetero) is 1. The topological polar surface area (TPSA) is 17.1 Å². The molecule has 0 N–H and O–H groups in total. The Balaban J connectivity index is 2.07. The largest absolute Gasteiger partial charge is 0.293 e. The van der Waals surface area contributed by atoms with E-state index in [9.17, 15) is 4.79 Å². The summed E-state index contributed by atoms with van der Waals surface area (Å²) < 4.78 is 0. The summed E-state index contributed by atoms with van der Waals surface area (Å²) >= 11 is 0. The lowest BCUT2D eigenvalue weighted by molar-refractivity contribution is 0.0924. The molecule has 0 aliphatic heterocycles. The van der Waals surface area contributed by atoms with Crippen molar-refractivity contribution in [2.75, 3.05) is 0 Å². The van der Waals surface area contributed by atoms with E-state index in [-0.39, 0.29) is 5.92 Å². The zero-order valence-corrected chi connectivity index (χ0v) is 9.10. The van der Waals surface area contributed by atoms with Crippen LogP contribution in [0.4, 0.5) is 0 Å². The fourth-order valence-electron chi connectivity index (χ4n) is 2.69. The maximum Gasteiger partial charge on any atom is 0.170 e. The predicted octanol–water partition coefficient (Wildman–Crippen LogP) is 3.17. The number of carbonyl (C=O) groups excluding carboxylic acids is 1. The Kier molecular flexibility index (Phi) is 2.24. The Bertz CT molecular complexity index is 482. The monoisotopic (exact) mass is 210 g/mol. The third-order valence-electron chi connectivity index (χ3n) is 3.58. The van der Waals surface area contributed by atoms with Gasteiger partial charge in [-0.2, -0.15) is 0 Å². The zero-order chi connectivity index (χ0) is 11.0. The van der Waals surface area contributed by atoms with Crippen LogP contribution in [-0.2, 0) is 6.42 Å². The number of hydrogen-bond acceptors (Lipinski definition) is 1. The molecule has 2 atom stereocenters. The number of rotatable bonds is 0. The number of benzene rings is 1. The van der Waals surface area contributed by atoms with Gasteiger partial charge in [0, 0.05) is 11.5 Å². The van der Waals surface area contributed by atoms with Crippen LogP contribution in [0.3, 0.4) is 0 Å². The molecule has 2 unspecified atom stereocenters. The predicted molar refractivity (Wildman–Crippen MR) is 64.4 cm³/mol. The molecule has 0 aromatic heterocycles. The van der Waals surface area contributed by atoms with Gasteiger partial charge in [-0.3, -0.25) is 4.79 Å². The van der Waals surface area contributed by atoms with Crippen molar-refractivity contribution in [1.82, 2.24) is 0 Å². The molecule has 2 aliphatic carbocycles. The average Bonchev–Trinajstić information content (AvgIpc) is 2.49. The summed E-state index contributed by atoms with van der Waals surface area (Å²) in [5.74, 6) is 0.747. The van der Waals surface area contributed by atoms with Gasteiger partial charge < -0.3 is 0 Å². The van der Waals surface area contributed by atoms with Crippen LogP contribution in [0.2, 0.25) is 0 Å². The van der Waals surface area contributed by atoms with Crippen molar-refractivity contribution in [3.05, 3.63) is 59.7 Å². The minimum Gasteiger partial charge on any atom is -0.293 e. The van der Waals surface area contributed by atoms with E-state index in [1.165, 1.54) is 5.56 Å². The van der Waals surface area contributed by atoms with Crippen LogP contribution < -0.4 is 0 Å². The lowest BCUT2D eigenvalue weighted by Gasteiger charge is -2.19. The summed E-state index contributed by atoms with van der Waals surface area (Å²) in [5, 5.41) is 0. The first-order chi connectivity index (χ1) is 7.86. The molecule has 0 bridgehead atoms. The summed E-state index contributed by atoms with van der Waals surface area (Å²) in [6.07, 6.45) is 10.4. The second-order valence-electron chi connectivity index (χ2n) is 4.52. The van der Waals surface area contributed by atoms with Gasteiger partial charge in [0.25, 0.3) is 0 Å². The van der Waals surface area contributed by atoms with Crippen LogP contribution in [0, 0.1) is 11.8 Å². The van der Waals surface area contributed by atoms with Gasteiger partial charge >= 0.3 is 0 Å². The highest BCUT2D eigenvalue weighted by Crippen LogP contribution is 2.32. The van der Waals surface area contributed by atoms with Gasteiger partial charge in [-0.25, -0.2) is 0 Å². The maximum atomic E-state index is 12.4. The first-order valence-corrected chi connectivity index (χ1v) is 5.83. The third kappa shape index (κ3) is 1.44. The number of carbonyl (C=O) groups is 1. The SMILES string of the molecule is O=C1c2ccccc2CCC2C=CC=CC12. The molecule has 0 radical (unpaired) electrons. The molecule has 1 nitrogen and oxygen atoms in total. The highest BCUT2D eigenvalue weighted by atomic mass is 16.1. The van der Waals surface area contributed by atoms with Crippen molar-refractivity contribution in [1.29, 1.82) is 0 Å². The van der Waals surface area contributed by atoms with E-state index >= 15 is 0 Å². The van der Waals surface area contributed by atoms with E-state index < -0.39 is 0 Å². The van der Waals surface area contributed by atoms with Crippen molar-refractivity contribution in [3.8, 4) is 0 Å². The van der Waals surface area contributed by atoms with Crippen molar-refractivity contribution >= 4 is 5.78 Å². The second-order valence-corrected chi connectivity index (χ2v) is 4.52. The standard InChI is InChI=1S/C15H14O/c16-15-13-7-3-1-5-11(13)9-10-12-6-2-4-8-14(12)15/h1-8,11,13H,9-10H2. The van der Waals surface area contributed by atoms with Crippen LogP contribution in [0.1, 0.15) is 22.3 Å². The highest BCUT2D eigenvalue weighted by Gasteiger charge is 2.30. The quantitative estimate of drug-likeness (QED) is 0.642. The van der Waals surface area contributed by atoms with Gasteiger partial charge in [0.1, 0.15) is 0 Å². The number of aryl methyl sites for hydroxylation is 1. The molecule has 0 spiro atoms. The summed E-state index contributed by atoms with van der Waals surface area (Å²) in [7, 11) is 0. The third-order valence-corrected chi connectivity index (χ3v) is 3.58. The molecule has 0 fully saturated rings. The van der Waals surface area contributed by atoms with Gasteiger partial charge in [-0.1, -0.05) is 48.6 Å². The van der Waals surface area contributed by atoms with Crippen LogP contribution in [0.5, 0.6) is 0 Å². The molecule has 16 heavy (non-hydrogen) atoms. The minimum atomic E-state index is 0.0636. The molecule has 2 aliphatic rings. The summed E-state index contributed by atoms with van der Waals surface area (Å²) in [4.78, 5) is 12.4. The summed E-state index contributed by atoms with van der Waals surface area (Å²) in [6, 6.07) is 8.02. The average molecular weight is 210 g/mol. The van der Waals surface area contributed by atoms with Gasteiger partial charge in [0.2, 0.25) is 0 Å². The van der Waals surface area contributed by atoms with Gasteiger partial charge in [0.15, 0.2) is 5.78 Å². The van der Waals surface area contributed by atoms with E-state index in [1.54, 1.807) is 0 Å². The highest BCUT2D eigenvalue weighted by molar-refractivity contribution is 6.01. The fourth-order valence-corrected chi connectivity index (χ4v) is 2.69. The Morgan fingerprint density at radius 2 is 1.88 bits per heavy atom. The Hall–Kier alpha value is -1.63. The molecular formula is C15H14O. The van der Waals surface area contributed by atoms with E-state index in [2.05, 4.69) is 24.3 Å². The fraction of sp³-hybridized carbons (Fsp3) is 0.267. The first-order valence-electron chi connectivity index (χ1n) is 5.83. The van der Waals surface area contributed by atoms with Gasteiger partial charge in [-0.15, -0.1) is 0 Å². The number of allylic oxidation sites excluding steroid dienone is 4. The molecule has 80 valence electrons. The Labute approximate surface area is 95.5 Å². The van der Waals surface area contributed by atoms with Crippen molar-refractivity contribution in [3.63, 3.8) is 0 Å². The first kappa shape index (κ1) is 9.59. The molecule has 0 saturated carbocycles. The number of fused-ring (bicyclic) bond motifs is 2. The van der Waals surface area contributed by atoms with Crippen molar-refractivity contribution in [2.45, 2.75) is 12.8 Å². The molecule has 1 aromatic carbocycles. The molecule has 0 amide bonds. The Morgan fingerprint density at radius 3 is 2.81 bits per heavy atom. The molecule has 1 heteroatoms. The van der Waals surface area contributed by atoms with E-state index in [1.807, 2.05) is 24.3 Å². The molecule has 0 saturated heterocycles. The summed E-state index contributed by atoms with van der Waals surface area (Å²) in [5.41, 5.74) is 2.14. The second kappa shape index (κ2) is 3.75. The van der Waals surface area contributed by atoms with Crippen LogP contribution in [0.25, 0.3) is 0 Å². The lowest BCUT2D eigenvalue weighted by atomic mass is 9.83. The van der Waals surface area contributed by atoms with Gasteiger partial charge in [-0.05, 0) is 24.3 Å². The number of ketones is 1. The van der Waals surface area contributed by atoms with Crippen molar-refractivity contribution < 1.29 is 4.79 Å². The van der Waals surface area contributed by atoms with Crippen LogP contribution in [-0.4, -0.2) is 5.78 Å². The minimum absolute atomic E-state index is 0.0636. The smallest absolute Gasteiger partial charge is 0.170 e. The number of hydrogen-bond donors (Lipinski definition) is 0. The van der Waals surface area contributed by atoms with Crippen LogP contribution in [0.15, 0.2) is 48.6 Å². The van der Waals surface area contributed by atoms with Crippen LogP contribution >= 0.6 is 0 Å². The van der Waals surface area contributed by atoms with E-state index in [0.717, 1.165) is 18.4 Å². The molecule has 1 aromatic rings.